The van der Waals surface area contributed by atoms with Crippen LogP contribution in [0.1, 0.15) is 16.7 Å². The van der Waals surface area contributed by atoms with Gasteiger partial charge in [-0.25, -0.2) is 0 Å². The number of carbonyl (C=O) groups excluding carboxylic acids is 1. The van der Waals surface area contributed by atoms with Gasteiger partial charge in [-0.3, -0.25) is 4.79 Å². The Morgan fingerprint density at radius 2 is 1.60 bits per heavy atom. The van der Waals surface area contributed by atoms with E-state index in [1.807, 2.05) is 54.6 Å². The van der Waals surface area contributed by atoms with Gasteiger partial charge in [0.05, 0.1) is 7.11 Å². The Hall–Kier alpha value is -3.99. The molecule has 5 heteroatoms. The minimum Gasteiger partial charge on any atom is -0.508 e. The molecule has 0 aliphatic heterocycles. The third-order valence-electron chi connectivity index (χ3n) is 4.25. The SMILES string of the molecule is CO/C(=C\c1ccc(OCc2ccccc2)cc1)C(=O)N/C=C/c1ccc(O)cc1. The van der Waals surface area contributed by atoms with E-state index in [4.69, 9.17) is 9.47 Å². The molecule has 0 unspecified atom stereocenters. The largest absolute Gasteiger partial charge is 0.508 e. The average Bonchev–Trinajstić information content (AvgIpc) is 2.79. The summed E-state index contributed by atoms with van der Waals surface area (Å²) >= 11 is 0. The second kappa shape index (κ2) is 10.5. The van der Waals surface area contributed by atoms with Gasteiger partial charge in [-0.2, -0.15) is 0 Å². The molecule has 2 N–H and O–H groups in total. The van der Waals surface area contributed by atoms with E-state index in [1.165, 1.54) is 13.3 Å². The van der Waals surface area contributed by atoms with Crippen molar-refractivity contribution < 1.29 is 19.4 Å². The highest BCUT2D eigenvalue weighted by Gasteiger charge is 2.08. The Morgan fingerprint density at radius 1 is 0.933 bits per heavy atom. The molecule has 0 saturated heterocycles. The average molecular weight is 401 g/mol. The maximum atomic E-state index is 12.3. The Kier molecular flexibility index (Phi) is 7.28. The zero-order chi connectivity index (χ0) is 21.2. The van der Waals surface area contributed by atoms with E-state index in [2.05, 4.69) is 5.32 Å². The van der Waals surface area contributed by atoms with Gasteiger partial charge in [0.25, 0.3) is 5.91 Å². The van der Waals surface area contributed by atoms with E-state index < -0.39 is 0 Å². The molecule has 0 spiro atoms. The highest BCUT2D eigenvalue weighted by Crippen LogP contribution is 2.16. The summed E-state index contributed by atoms with van der Waals surface area (Å²) in [6.45, 7) is 0.495. The number of aromatic hydroxyl groups is 1. The number of amides is 1. The molecule has 152 valence electrons. The van der Waals surface area contributed by atoms with Crippen molar-refractivity contribution in [3.8, 4) is 11.5 Å². The second-order valence-electron chi connectivity index (χ2n) is 6.45. The van der Waals surface area contributed by atoms with E-state index in [9.17, 15) is 9.90 Å². The number of carbonyl (C=O) groups is 1. The molecule has 3 rings (SSSR count). The van der Waals surface area contributed by atoms with Crippen LogP contribution in [0.2, 0.25) is 0 Å². The van der Waals surface area contributed by atoms with Crippen molar-refractivity contribution in [1.29, 1.82) is 0 Å². The first-order valence-corrected chi connectivity index (χ1v) is 9.43. The molecule has 0 bridgehead atoms. The first-order chi connectivity index (χ1) is 14.6. The first kappa shape index (κ1) is 20.7. The highest BCUT2D eigenvalue weighted by molar-refractivity contribution is 5.96. The van der Waals surface area contributed by atoms with Gasteiger partial charge in [0.2, 0.25) is 0 Å². The second-order valence-corrected chi connectivity index (χ2v) is 6.45. The number of hydrogen-bond acceptors (Lipinski definition) is 4. The molecule has 0 saturated carbocycles. The van der Waals surface area contributed by atoms with Crippen LogP contribution in [0.15, 0.2) is 90.8 Å². The summed E-state index contributed by atoms with van der Waals surface area (Å²) in [5, 5.41) is 12.0. The Balaban J connectivity index is 1.57. The summed E-state index contributed by atoms with van der Waals surface area (Å²) in [5.41, 5.74) is 2.76. The minimum atomic E-state index is -0.364. The smallest absolute Gasteiger partial charge is 0.290 e. The zero-order valence-corrected chi connectivity index (χ0v) is 16.6. The van der Waals surface area contributed by atoms with Crippen molar-refractivity contribution >= 4 is 18.1 Å². The quantitative estimate of drug-likeness (QED) is 0.422. The standard InChI is InChI=1S/C25H23NO4/c1-29-24(25(28)26-16-15-19-7-11-22(27)12-8-19)17-20-9-13-23(14-10-20)30-18-21-5-3-2-4-6-21/h2-17,27H,18H2,1H3,(H,26,28)/b16-15+,24-17-. The van der Waals surface area contributed by atoms with Gasteiger partial charge in [0, 0.05) is 6.20 Å². The summed E-state index contributed by atoms with van der Waals surface area (Å²) in [4.78, 5) is 12.3. The predicted octanol–water partition coefficient (Wildman–Crippen LogP) is 4.75. The topological polar surface area (TPSA) is 67.8 Å². The molecule has 0 aliphatic rings. The van der Waals surface area contributed by atoms with E-state index in [0.29, 0.717) is 6.61 Å². The number of phenolic OH excluding ortho intramolecular Hbond substituents is 1. The fourth-order valence-corrected chi connectivity index (χ4v) is 2.64. The van der Waals surface area contributed by atoms with Crippen molar-refractivity contribution in [2.75, 3.05) is 7.11 Å². The monoisotopic (exact) mass is 401 g/mol. The Bertz CT molecular complexity index is 1010. The molecule has 3 aromatic carbocycles. The normalized spacial score (nSPS) is 11.3. The van der Waals surface area contributed by atoms with Gasteiger partial charge in [0.15, 0.2) is 5.76 Å². The van der Waals surface area contributed by atoms with Gasteiger partial charge in [0.1, 0.15) is 18.1 Å². The molecule has 1 amide bonds. The van der Waals surface area contributed by atoms with Gasteiger partial charge in [-0.15, -0.1) is 0 Å². The van der Waals surface area contributed by atoms with Crippen molar-refractivity contribution in [2.45, 2.75) is 6.61 Å². The number of phenols is 1. The number of hydrogen-bond donors (Lipinski definition) is 2. The number of ether oxygens (including phenoxy) is 2. The lowest BCUT2D eigenvalue weighted by molar-refractivity contribution is -0.119. The number of benzene rings is 3. The number of nitrogens with one attached hydrogen (secondary N) is 1. The number of methoxy groups -OCH3 is 1. The van der Waals surface area contributed by atoms with Crippen molar-refractivity contribution in [1.82, 2.24) is 5.32 Å². The highest BCUT2D eigenvalue weighted by atomic mass is 16.5. The van der Waals surface area contributed by atoms with Crippen LogP contribution in [-0.4, -0.2) is 18.1 Å². The maximum Gasteiger partial charge on any atom is 0.290 e. The van der Waals surface area contributed by atoms with Crippen LogP contribution in [0.4, 0.5) is 0 Å². The van der Waals surface area contributed by atoms with Crippen LogP contribution >= 0.6 is 0 Å². The third kappa shape index (κ3) is 6.27. The Labute approximate surface area is 175 Å². The van der Waals surface area contributed by atoms with Gasteiger partial charge in [-0.05, 0) is 53.1 Å². The molecular formula is C25H23NO4. The van der Waals surface area contributed by atoms with Crippen LogP contribution in [0, 0.1) is 0 Å². The van der Waals surface area contributed by atoms with Crippen LogP contribution in [0.25, 0.3) is 12.2 Å². The molecule has 0 heterocycles. The summed E-state index contributed by atoms with van der Waals surface area (Å²) in [7, 11) is 1.45. The summed E-state index contributed by atoms with van der Waals surface area (Å²) in [5.74, 6) is 0.758. The van der Waals surface area contributed by atoms with E-state index in [1.54, 1.807) is 36.4 Å². The summed E-state index contributed by atoms with van der Waals surface area (Å²) < 4.78 is 11.0. The predicted molar refractivity (Wildman–Crippen MR) is 117 cm³/mol. The van der Waals surface area contributed by atoms with Gasteiger partial charge in [-0.1, -0.05) is 54.6 Å². The fraction of sp³-hybridized carbons (Fsp3) is 0.0800. The molecular weight excluding hydrogens is 378 g/mol. The minimum absolute atomic E-state index is 0.184. The maximum absolute atomic E-state index is 12.3. The zero-order valence-electron chi connectivity index (χ0n) is 16.6. The molecule has 0 atom stereocenters. The van der Waals surface area contributed by atoms with Crippen molar-refractivity contribution in [3.63, 3.8) is 0 Å². The molecule has 3 aromatic rings. The molecule has 0 aromatic heterocycles. The molecule has 30 heavy (non-hydrogen) atoms. The fourth-order valence-electron chi connectivity index (χ4n) is 2.64. The lowest BCUT2D eigenvalue weighted by Crippen LogP contribution is -2.20. The van der Waals surface area contributed by atoms with Gasteiger partial charge < -0.3 is 19.9 Å². The van der Waals surface area contributed by atoms with Crippen molar-refractivity contribution in [3.05, 3.63) is 108 Å². The van der Waals surface area contributed by atoms with Crippen LogP contribution in [0.5, 0.6) is 11.5 Å². The lowest BCUT2D eigenvalue weighted by atomic mass is 10.2. The Morgan fingerprint density at radius 3 is 2.27 bits per heavy atom. The van der Waals surface area contributed by atoms with Crippen LogP contribution < -0.4 is 10.1 Å². The van der Waals surface area contributed by atoms with Crippen LogP contribution in [0.3, 0.4) is 0 Å². The van der Waals surface area contributed by atoms with E-state index in [0.717, 1.165) is 22.4 Å². The molecule has 0 aliphatic carbocycles. The van der Waals surface area contributed by atoms with Gasteiger partial charge >= 0.3 is 0 Å². The van der Waals surface area contributed by atoms with Crippen LogP contribution in [-0.2, 0) is 16.1 Å². The lowest BCUT2D eigenvalue weighted by Gasteiger charge is -2.07. The third-order valence-corrected chi connectivity index (χ3v) is 4.25. The van der Waals surface area contributed by atoms with E-state index >= 15 is 0 Å². The summed E-state index contributed by atoms with van der Waals surface area (Å²) in [6.07, 6.45) is 4.91. The summed E-state index contributed by atoms with van der Waals surface area (Å²) in [6, 6.07) is 24.0. The molecule has 0 radical (unpaired) electrons. The first-order valence-electron chi connectivity index (χ1n) is 9.43. The molecule has 0 fully saturated rings. The van der Waals surface area contributed by atoms with Crippen molar-refractivity contribution in [2.24, 2.45) is 0 Å². The molecule has 5 nitrogen and oxygen atoms in total. The van der Waals surface area contributed by atoms with E-state index in [-0.39, 0.29) is 17.4 Å². The number of rotatable bonds is 8.